The first-order valence-corrected chi connectivity index (χ1v) is 5.27. The topological polar surface area (TPSA) is 59.9 Å². The van der Waals surface area contributed by atoms with Crippen LogP contribution in [0.1, 0.15) is 11.4 Å². The molecule has 0 amide bonds. The third-order valence-electron chi connectivity index (χ3n) is 2.39. The molecule has 0 saturated carbocycles. The van der Waals surface area contributed by atoms with Crippen molar-refractivity contribution in [2.75, 3.05) is 6.54 Å². The number of nitrogens with zero attached hydrogens (tertiary/aromatic N) is 2. The van der Waals surface area contributed by atoms with Crippen LogP contribution in [0.2, 0.25) is 0 Å². The maximum Gasteiger partial charge on any atom is 0.258 e. The normalized spacial score (nSPS) is 10.4. The van der Waals surface area contributed by atoms with E-state index in [4.69, 9.17) is 6.42 Å². The lowest BCUT2D eigenvalue weighted by Gasteiger charge is -2.02. The van der Waals surface area contributed by atoms with Crippen molar-refractivity contribution in [1.82, 2.24) is 15.3 Å². The Morgan fingerprint density at radius 3 is 3.12 bits per heavy atom. The highest BCUT2D eigenvalue weighted by atomic mass is 16.1. The number of aromatic amines is 1. The Kier molecular flexibility index (Phi) is 3.22. The Hall–Kier alpha value is -2.12. The zero-order valence-corrected chi connectivity index (χ0v) is 9.53. The van der Waals surface area contributed by atoms with Gasteiger partial charge in [-0.25, -0.2) is 10.3 Å². The van der Waals surface area contributed by atoms with Crippen LogP contribution in [0.25, 0.3) is 10.9 Å². The van der Waals surface area contributed by atoms with Gasteiger partial charge in [-0.3, -0.25) is 4.79 Å². The van der Waals surface area contributed by atoms with E-state index in [9.17, 15) is 4.79 Å². The number of terminal acetylenes is 1. The molecule has 0 aliphatic rings. The van der Waals surface area contributed by atoms with Crippen LogP contribution in [0.15, 0.2) is 23.0 Å². The number of nitrogens with one attached hydrogen (secondary N) is 1. The van der Waals surface area contributed by atoms with E-state index in [1.165, 1.54) is 0 Å². The summed E-state index contributed by atoms with van der Waals surface area (Å²) in [6, 6.07) is 5.55. The van der Waals surface area contributed by atoms with E-state index >= 15 is 0 Å². The molecule has 0 unspecified atom stereocenters. The predicted molar refractivity (Wildman–Crippen MR) is 66.6 cm³/mol. The standard InChI is InChI=1S/C13H12N3O/c1-3-6-14-8-10-4-5-12-11(7-10)13(17)16-9(2)15-12/h1,4-5,7H,6,8H2,2H3,(H,15,16,17). The summed E-state index contributed by atoms with van der Waals surface area (Å²) < 4.78 is 0. The van der Waals surface area contributed by atoms with E-state index in [1.807, 2.05) is 12.1 Å². The molecule has 0 spiro atoms. The Bertz CT molecular complexity index is 637. The van der Waals surface area contributed by atoms with Gasteiger partial charge in [-0.2, -0.15) is 0 Å². The molecular weight excluding hydrogens is 214 g/mol. The molecule has 4 heteroatoms. The number of benzene rings is 1. The lowest BCUT2D eigenvalue weighted by atomic mass is 10.1. The number of aryl methyl sites for hydroxylation is 1. The molecule has 0 aliphatic carbocycles. The average molecular weight is 226 g/mol. The fourth-order valence-corrected chi connectivity index (χ4v) is 1.65. The molecule has 1 N–H and O–H groups in total. The van der Waals surface area contributed by atoms with E-state index in [0.717, 1.165) is 5.56 Å². The highest BCUT2D eigenvalue weighted by molar-refractivity contribution is 5.78. The summed E-state index contributed by atoms with van der Waals surface area (Å²) in [7, 11) is 0. The first-order chi connectivity index (χ1) is 8.20. The lowest BCUT2D eigenvalue weighted by Crippen LogP contribution is -2.11. The first kappa shape index (κ1) is 11.4. The molecule has 0 atom stereocenters. The first-order valence-electron chi connectivity index (χ1n) is 5.27. The van der Waals surface area contributed by atoms with Gasteiger partial charge in [0.2, 0.25) is 0 Å². The molecule has 1 heterocycles. The summed E-state index contributed by atoms with van der Waals surface area (Å²) >= 11 is 0. The SMILES string of the molecule is C#CC[N]Cc1ccc2nc(C)[nH]c(=O)c2c1. The molecule has 1 aromatic carbocycles. The Labute approximate surface area is 99.1 Å². The third-order valence-corrected chi connectivity index (χ3v) is 2.39. The van der Waals surface area contributed by atoms with Crippen molar-refractivity contribution in [3.63, 3.8) is 0 Å². The van der Waals surface area contributed by atoms with Gasteiger partial charge in [-0.1, -0.05) is 12.0 Å². The van der Waals surface area contributed by atoms with E-state index in [1.54, 1.807) is 13.0 Å². The van der Waals surface area contributed by atoms with Gasteiger partial charge < -0.3 is 4.98 Å². The summed E-state index contributed by atoms with van der Waals surface area (Å²) in [5.41, 5.74) is 1.54. The van der Waals surface area contributed by atoms with Gasteiger partial charge >= 0.3 is 0 Å². The van der Waals surface area contributed by atoms with E-state index < -0.39 is 0 Å². The van der Waals surface area contributed by atoms with Gasteiger partial charge in [-0.15, -0.1) is 6.42 Å². The monoisotopic (exact) mass is 226 g/mol. The smallest absolute Gasteiger partial charge is 0.258 e. The van der Waals surface area contributed by atoms with Crippen LogP contribution in [0.5, 0.6) is 0 Å². The molecule has 2 rings (SSSR count). The van der Waals surface area contributed by atoms with E-state index in [2.05, 4.69) is 21.2 Å². The third kappa shape index (κ3) is 2.52. The van der Waals surface area contributed by atoms with Crippen LogP contribution in [-0.2, 0) is 6.54 Å². The quantitative estimate of drug-likeness (QED) is 0.626. The number of aromatic nitrogens is 2. The highest BCUT2D eigenvalue weighted by Gasteiger charge is 2.02. The molecular formula is C13H12N3O. The van der Waals surface area contributed by atoms with Crippen molar-refractivity contribution in [3.05, 3.63) is 39.9 Å². The molecule has 1 aromatic heterocycles. The summed E-state index contributed by atoms with van der Waals surface area (Å²) in [5, 5.41) is 4.73. The Morgan fingerprint density at radius 1 is 1.53 bits per heavy atom. The minimum atomic E-state index is -0.119. The molecule has 0 bridgehead atoms. The molecule has 0 saturated heterocycles. The summed E-state index contributed by atoms with van der Waals surface area (Å²) in [5.74, 6) is 3.06. The fraction of sp³-hybridized carbons (Fsp3) is 0.231. The maximum absolute atomic E-state index is 11.7. The minimum absolute atomic E-state index is 0.119. The molecule has 2 aromatic rings. The van der Waals surface area contributed by atoms with Crippen LogP contribution >= 0.6 is 0 Å². The number of rotatable bonds is 3. The number of H-pyrrole nitrogens is 1. The van der Waals surface area contributed by atoms with Gasteiger partial charge in [0.15, 0.2) is 0 Å². The maximum atomic E-state index is 11.7. The van der Waals surface area contributed by atoms with Crippen molar-refractivity contribution in [2.45, 2.75) is 13.5 Å². The number of hydrogen-bond acceptors (Lipinski definition) is 2. The second-order valence-corrected chi connectivity index (χ2v) is 3.75. The van der Waals surface area contributed by atoms with Crippen LogP contribution in [0.3, 0.4) is 0 Å². The van der Waals surface area contributed by atoms with Crippen molar-refractivity contribution in [3.8, 4) is 12.3 Å². The summed E-state index contributed by atoms with van der Waals surface area (Å²) in [4.78, 5) is 18.7. The Morgan fingerprint density at radius 2 is 2.35 bits per heavy atom. The largest absolute Gasteiger partial charge is 0.310 e. The van der Waals surface area contributed by atoms with Crippen molar-refractivity contribution < 1.29 is 0 Å². The minimum Gasteiger partial charge on any atom is -0.310 e. The summed E-state index contributed by atoms with van der Waals surface area (Å²) in [6.07, 6.45) is 5.12. The zero-order valence-electron chi connectivity index (χ0n) is 9.53. The number of fused-ring (bicyclic) bond motifs is 1. The van der Waals surface area contributed by atoms with Gasteiger partial charge in [-0.05, 0) is 24.6 Å². The lowest BCUT2D eigenvalue weighted by molar-refractivity contribution is 0.753. The predicted octanol–water partition coefficient (Wildman–Crippen LogP) is 0.969. The fourth-order valence-electron chi connectivity index (χ4n) is 1.65. The van der Waals surface area contributed by atoms with E-state index in [-0.39, 0.29) is 5.56 Å². The van der Waals surface area contributed by atoms with Gasteiger partial charge in [0.05, 0.1) is 17.4 Å². The second kappa shape index (κ2) is 4.81. The molecule has 4 nitrogen and oxygen atoms in total. The summed E-state index contributed by atoms with van der Waals surface area (Å²) in [6.45, 7) is 2.67. The van der Waals surface area contributed by atoms with Crippen molar-refractivity contribution in [1.29, 1.82) is 0 Å². The van der Waals surface area contributed by atoms with Gasteiger partial charge in [0.25, 0.3) is 5.56 Å². The van der Waals surface area contributed by atoms with Crippen LogP contribution in [0, 0.1) is 19.3 Å². The van der Waals surface area contributed by atoms with Crippen LogP contribution in [-0.4, -0.2) is 16.5 Å². The van der Waals surface area contributed by atoms with E-state index in [0.29, 0.717) is 29.8 Å². The highest BCUT2D eigenvalue weighted by Crippen LogP contribution is 2.10. The molecule has 0 aliphatic heterocycles. The number of hydrogen-bond donors (Lipinski definition) is 1. The Balaban J connectivity index is 2.37. The molecule has 85 valence electrons. The average Bonchev–Trinajstić information content (AvgIpc) is 2.30. The van der Waals surface area contributed by atoms with Crippen molar-refractivity contribution >= 4 is 10.9 Å². The van der Waals surface area contributed by atoms with Crippen LogP contribution in [0.4, 0.5) is 0 Å². The second-order valence-electron chi connectivity index (χ2n) is 3.75. The van der Waals surface area contributed by atoms with Gasteiger partial charge in [0, 0.05) is 6.54 Å². The zero-order chi connectivity index (χ0) is 12.3. The molecule has 0 fully saturated rings. The van der Waals surface area contributed by atoms with Crippen LogP contribution < -0.4 is 10.9 Å². The van der Waals surface area contributed by atoms with Crippen molar-refractivity contribution in [2.24, 2.45) is 0 Å². The van der Waals surface area contributed by atoms with Gasteiger partial charge in [0.1, 0.15) is 5.82 Å². The molecule has 1 radical (unpaired) electrons. The molecule has 17 heavy (non-hydrogen) atoms.